The average molecular weight is 259 g/mol. The molecule has 1 aliphatic heterocycles. The molecule has 1 aromatic rings. The predicted octanol–water partition coefficient (Wildman–Crippen LogP) is 3.01. The minimum Gasteiger partial charge on any atom is -0.387 e. The van der Waals surface area contributed by atoms with Crippen LogP contribution in [0.4, 0.5) is 0 Å². The van der Waals surface area contributed by atoms with Gasteiger partial charge in [-0.25, -0.2) is 0 Å². The van der Waals surface area contributed by atoms with Crippen LogP contribution >= 0.6 is 0 Å². The van der Waals surface area contributed by atoms with Crippen LogP contribution in [0.3, 0.4) is 0 Å². The van der Waals surface area contributed by atoms with Gasteiger partial charge in [0, 0.05) is 12.6 Å². The lowest BCUT2D eigenvalue weighted by Gasteiger charge is -2.44. The van der Waals surface area contributed by atoms with Gasteiger partial charge in [-0.2, -0.15) is 0 Å². The zero-order valence-electron chi connectivity index (χ0n) is 12.0. The summed E-state index contributed by atoms with van der Waals surface area (Å²) in [5.74, 6) is 1.57. The molecule has 0 aromatic heterocycles. The van der Waals surface area contributed by atoms with E-state index in [9.17, 15) is 5.11 Å². The fourth-order valence-electron chi connectivity index (χ4n) is 3.70. The number of nitrogens with zero attached hydrogens (tertiary/aromatic N) is 1. The first-order valence-electron chi connectivity index (χ1n) is 7.66. The molecule has 1 heterocycles. The molecule has 2 aliphatic rings. The van der Waals surface area contributed by atoms with Crippen LogP contribution in [0.1, 0.15) is 43.9 Å². The van der Waals surface area contributed by atoms with Gasteiger partial charge in [0.25, 0.3) is 0 Å². The number of aryl methyl sites for hydroxylation is 1. The van der Waals surface area contributed by atoms with E-state index in [-0.39, 0.29) is 6.10 Å². The molecule has 1 fully saturated rings. The Morgan fingerprint density at radius 3 is 2.68 bits per heavy atom. The Morgan fingerprint density at radius 1 is 1.11 bits per heavy atom. The summed E-state index contributed by atoms with van der Waals surface area (Å²) < 4.78 is 0. The van der Waals surface area contributed by atoms with Crippen LogP contribution in [-0.4, -0.2) is 29.1 Å². The summed E-state index contributed by atoms with van der Waals surface area (Å²) in [7, 11) is 0. The molecule has 2 heteroatoms. The van der Waals surface area contributed by atoms with Gasteiger partial charge in [-0.05, 0) is 48.8 Å². The largest absolute Gasteiger partial charge is 0.387 e. The van der Waals surface area contributed by atoms with Crippen molar-refractivity contribution < 1.29 is 5.11 Å². The molecule has 0 saturated carbocycles. The van der Waals surface area contributed by atoms with Gasteiger partial charge in [0.15, 0.2) is 0 Å². The third-order valence-corrected chi connectivity index (χ3v) is 5.28. The molecule has 0 amide bonds. The molecule has 1 aliphatic carbocycles. The first kappa shape index (κ1) is 13.1. The Balaban J connectivity index is 1.77. The minimum atomic E-state index is -0.300. The summed E-state index contributed by atoms with van der Waals surface area (Å²) in [5, 5.41) is 10.7. The van der Waals surface area contributed by atoms with E-state index >= 15 is 0 Å². The quantitative estimate of drug-likeness (QED) is 0.838. The van der Waals surface area contributed by atoms with E-state index in [2.05, 4.69) is 36.9 Å². The highest BCUT2D eigenvalue weighted by Crippen LogP contribution is 2.35. The molecule has 0 radical (unpaired) electrons. The van der Waals surface area contributed by atoms with Gasteiger partial charge in [-0.1, -0.05) is 38.1 Å². The van der Waals surface area contributed by atoms with Crippen LogP contribution in [0.5, 0.6) is 0 Å². The van der Waals surface area contributed by atoms with Crippen molar-refractivity contribution in [3.8, 4) is 0 Å². The summed E-state index contributed by atoms with van der Waals surface area (Å²) >= 11 is 0. The number of benzene rings is 1. The molecule has 1 saturated heterocycles. The van der Waals surface area contributed by atoms with E-state index < -0.39 is 0 Å². The van der Waals surface area contributed by atoms with Crippen molar-refractivity contribution in [2.24, 2.45) is 11.8 Å². The molecule has 3 rings (SSSR count). The van der Waals surface area contributed by atoms with Gasteiger partial charge in [-0.3, -0.25) is 4.90 Å². The third-order valence-electron chi connectivity index (χ3n) is 5.28. The summed E-state index contributed by atoms with van der Waals surface area (Å²) in [4.78, 5) is 2.53. The number of rotatable bonds is 1. The van der Waals surface area contributed by atoms with Crippen LogP contribution in [0.25, 0.3) is 0 Å². The number of likely N-dealkylation sites (tertiary alicyclic amines) is 1. The van der Waals surface area contributed by atoms with E-state index in [1.165, 1.54) is 12.0 Å². The van der Waals surface area contributed by atoms with E-state index in [0.717, 1.165) is 43.3 Å². The van der Waals surface area contributed by atoms with Gasteiger partial charge >= 0.3 is 0 Å². The maximum absolute atomic E-state index is 10.7. The second-order valence-electron chi connectivity index (χ2n) is 6.49. The molecule has 0 spiro atoms. The molecular formula is C17H25NO. The summed E-state index contributed by atoms with van der Waals surface area (Å²) in [6.45, 7) is 7.00. The Morgan fingerprint density at radius 2 is 1.89 bits per heavy atom. The van der Waals surface area contributed by atoms with Crippen molar-refractivity contribution >= 4 is 0 Å². The highest BCUT2D eigenvalue weighted by Gasteiger charge is 2.35. The normalized spacial score (nSPS) is 35.9. The van der Waals surface area contributed by atoms with Gasteiger partial charge < -0.3 is 5.11 Å². The van der Waals surface area contributed by atoms with E-state index in [1.807, 2.05) is 6.07 Å². The fourth-order valence-corrected chi connectivity index (χ4v) is 3.70. The molecule has 19 heavy (non-hydrogen) atoms. The lowest BCUT2D eigenvalue weighted by molar-refractivity contribution is 0.00416. The number of hydrogen-bond acceptors (Lipinski definition) is 2. The average Bonchev–Trinajstić information content (AvgIpc) is 2.43. The lowest BCUT2D eigenvalue weighted by Crippen LogP contribution is -2.48. The first-order valence-corrected chi connectivity index (χ1v) is 7.66. The molecule has 104 valence electrons. The van der Waals surface area contributed by atoms with Crippen molar-refractivity contribution in [3.05, 3.63) is 35.4 Å². The molecule has 4 atom stereocenters. The van der Waals surface area contributed by atoms with Crippen LogP contribution in [0, 0.1) is 11.8 Å². The number of aliphatic hydroxyl groups is 1. The Hall–Kier alpha value is -0.860. The number of hydrogen-bond donors (Lipinski definition) is 1. The minimum absolute atomic E-state index is 0.300. The Kier molecular flexibility index (Phi) is 3.64. The topological polar surface area (TPSA) is 23.5 Å². The van der Waals surface area contributed by atoms with Gasteiger partial charge in [0.2, 0.25) is 0 Å². The van der Waals surface area contributed by atoms with Gasteiger partial charge in [0.1, 0.15) is 0 Å². The molecule has 1 N–H and O–H groups in total. The molecule has 1 aromatic carbocycles. The van der Waals surface area contributed by atoms with Crippen LogP contribution < -0.4 is 0 Å². The maximum Gasteiger partial charge on any atom is 0.0947 e. The van der Waals surface area contributed by atoms with Crippen LogP contribution in [-0.2, 0) is 6.42 Å². The highest BCUT2D eigenvalue weighted by atomic mass is 16.3. The van der Waals surface area contributed by atoms with Gasteiger partial charge in [-0.15, -0.1) is 0 Å². The second kappa shape index (κ2) is 5.26. The maximum atomic E-state index is 10.7. The van der Waals surface area contributed by atoms with Crippen molar-refractivity contribution in [3.63, 3.8) is 0 Å². The molecule has 0 bridgehead atoms. The summed E-state index contributed by atoms with van der Waals surface area (Å²) in [5.41, 5.74) is 2.50. The van der Waals surface area contributed by atoms with E-state index in [0.29, 0.717) is 6.04 Å². The van der Waals surface area contributed by atoms with Crippen molar-refractivity contribution in [2.75, 3.05) is 13.1 Å². The van der Waals surface area contributed by atoms with Crippen molar-refractivity contribution in [1.82, 2.24) is 4.90 Å². The fraction of sp³-hybridized carbons (Fsp3) is 0.647. The summed E-state index contributed by atoms with van der Waals surface area (Å²) in [6.07, 6.45) is 3.18. The number of aliphatic hydroxyl groups excluding tert-OH is 1. The monoisotopic (exact) mass is 259 g/mol. The van der Waals surface area contributed by atoms with E-state index in [4.69, 9.17) is 0 Å². The third kappa shape index (κ3) is 2.44. The highest BCUT2D eigenvalue weighted by molar-refractivity contribution is 5.32. The van der Waals surface area contributed by atoms with Crippen LogP contribution in [0.2, 0.25) is 0 Å². The smallest absolute Gasteiger partial charge is 0.0947 e. The van der Waals surface area contributed by atoms with E-state index in [1.54, 1.807) is 0 Å². The number of piperidine rings is 1. The Labute approximate surface area is 116 Å². The second-order valence-corrected chi connectivity index (χ2v) is 6.49. The van der Waals surface area contributed by atoms with Crippen molar-refractivity contribution in [2.45, 2.75) is 45.3 Å². The van der Waals surface area contributed by atoms with Gasteiger partial charge in [0.05, 0.1) is 6.10 Å². The summed E-state index contributed by atoms with van der Waals surface area (Å²) in [6, 6.07) is 8.71. The molecular weight excluding hydrogens is 234 g/mol. The predicted molar refractivity (Wildman–Crippen MR) is 78.0 cm³/mol. The zero-order chi connectivity index (χ0) is 13.4. The lowest BCUT2D eigenvalue weighted by atomic mass is 9.82. The SMILES string of the molecule is CC1CCN(C2CCc3ccccc3C2O)CC1C. The van der Waals surface area contributed by atoms with Crippen molar-refractivity contribution in [1.29, 1.82) is 0 Å². The number of fused-ring (bicyclic) bond motifs is 1. The Bertz CT molecular complexity index is 445. The standard InChI is InChI=1S/C17H25NO/c1-12-9-10-18(11-13(12)2)16-8-7-14-5-3-4-6-15(14)17(16)19/h3-6,12-13,16-17,19H,7-11H2,1-2H3. The van der Waals surface area contributed by atoms with Crippen LogP contribution in [0.15, 0.2) is 24.3 Å². The molecule has 2 nitrogen and oxygen atoms in total. The molecule has 4 unspecified atom stereocenters. The zero-order valence-corrected chi connectivity index (χ0v) is 12.0. The first-order chi connectivity index (χ1) is 9.16.